The largest absolute Gasteiger partial charge is 0.369 e. The van der Waals surface area contributed by atoms with E-state index in [-0.39, 0.29) is 5.91 Å². The minimum absolute atomic E-state index is 0.215. The van der Waals surface area contributed by atoms with Gasteiger partial charge in [0.05, 0.1) is 0 Å². The summed E-state index contributed by atoms with van der Waals surface area (Å²) in [5, 5.41) is 2.96. The smallest absolute Gasteiger partial charge is 0.274 e. The fourth-order valence-corrected chi connectivity index (χ4v) is 3.39. The number of aromatic nitrogens is 2. The monoisotopic (exact) mass is 396 g/mol. The van der Waals surface area contributed by atoms with Crippen molar-refractivity contribution in [2.45, 2.75) is 26.7 Å². The van der Waals surface area contributed by atoms with Crippen molar-refractivity contribution < 1.29 is 4.79 Å². The third-order valence-electron chi connectivity index (χ3n) is 5.29. The highest BCUT2D eigenvalue weighted by Crippen LogP contribution is 2.20. The first-order chi connectivity index (χ1) is 14.0. The number of aryl methyl sites for hydroxylation is 1. The van der Waals surface area contributed by atoms with Crippen LogP contribution in [-0.2, 0) is 0 Å². The van der Waals surface area contributed by atoms with Crippen LogP contribution in [0.15, 0.2) is 30.3 Å². The summed E-state index contributed by atoms with van der Waals surface area (Å²) in [5.41, 5.74) is 2.35. The van der Waals surface area contributed by atoms with Gasteiger partial charge in [-0.15, -0.1) is 0 Å². The van der Waals surface area contributed by atoms with Gasteiger partial charge >= 0.3 is 0 Å². The molecule has 2 aromatic rings. The molecule has 0 saturated carbocycles. The number of rotatable bonds is 7. The van der Waals surface area contributed by atoms with Gasteiger partial charge in [0.15, 0.2) is 0 Å². The Morgan fingerprint density at radius 3 is 2.48 bits per heavy atom. The zero-order valence-corrected chi connectivity index (χ0v) is 18.0. The van der Waals surface area contributed by atoms with Gasteiger partial charge in [-0.2, -0.15) is 0 Å². The molecule has 3 rings (SSSR count). The second-order valence-corrected chi connectivity index (χ2v) is 7.73. The lowest BCUT2D eigenvalue weighted by molar-refractivity contribution is 0.102. The molecule has 0 spiro atoms. The van der Waals surface area contributed by atoms with E-state index in [2.05, 4.69) is 56.1 Å². The van der Waals surface area contributed by atoms with Crippen LogP contribution in [0.5, 0.6) is 0 Å². The van der Waals surface area contributed by atoms with E-state index in [1.165, 1.54) is 5.69 Å². The molecule has 1 aromatic carbocycles. The van der Waals surface area contributed by atoms with Crippen LogP contribution >= 0.6 is 0 Å². The summed E-state index contributed by atoms with van der Waals surface area (Å²) in [6.45, 7) is 9.07. The van der Waals surface area contributed by atoms with E-state index in [1.807, 2.05) is 26.1 Å². The fraction of sp³-hybridized carbons (Fsp3) is 0.500. The molecule has 7 heteroatoms. The van der Waals surface area contributed by atoms with Crippen LogP contribution in [0.25, 0.3) is 0 Å². The molecule has 0 bridgehead atoms. The van der Waals surface area contributed by atoms with Crippen molar-refractivity contribution in [1.29, 1.82) is 0 Å². The highest BCUT2D eigenvalue weighted by molar-refractivity contribution is 6.03. The molecule has 0 atom stereocenters. The second kappa shape index (κ2) is 9.69. The average molecular weight is 397 g/mol. The standard InChI is InChI=1S/C22H32N6O/c1-5-6-11-27(4)21-16-20(23-17(2)24-21)22(29)25-18-7-9-19(10-8-18)28-14-12-26(3)13-15-28/h7-10,16H,5-6,11-15H2,1-4H3,(H,25,29). The van der Waals surface area contributed by atoms with Gasteiger partial charge in [-0.05, 0) is 44.7 Å². The van der Waals surface area contributed by atoms with E-state index in [0.29, 0.717) is 11.5 Å². The molecule has 1 saturated heterocycles. The Morgan fingerprint density at radius 1 is 1.14 bits per heavy atom. The number of piperazine rings is 1. The van der Waals surface area contributed by atoms with Gasteiger partial charge in [0, 0.05) is 57.2 Å². The lowest BCUT2D eigenvalue weighted by atomic mass is 10.2. The summed E-state index contributed by atoms with van der Waals surface area (Å²) in [7, 11) is 4.15. The van der Waals surface area contributed by atoms with Crippen LogP contribution in [0, 0.1) is 6.92 Å². The number of carbonyl (C=O) groups is 1. The first kappa shape index (κ1) is 21.0. The zero-order chi connectivity index (χ0) is 20.8. The number of carbonyl (C=O) groups excluding carboxylic acids is 1. The maximum atomic E-state index is 12.7. The first-order valence-electron chi connectivity index (χ1n) is 10.4. The SMILES string of the molecule is CCCCN(C)c1cc(C(=O)Nc2ccc(N3CCN(C)CC3)cc2)nc(C)n1. The Balaban J connectivity index is 1.66. The normalized spacial score (nSPS) is 14.7. The Bertz CT molecular complexity index is 815. The average Bonchev–Trinajstić information content (AvgIpc) is 2.72. The van der Waals surface area contributed by atoms with Crippen LogP contribution in [-0.4, -0.2) is 67.6 Å². The number of nitrogens with zero attached hydrogens (tertiary/aromatic N) is 5. The molecule has 1 amide bonds. The summed E-state index contributed by atoms with van der Waals surface area (Å²) in [4.78, 5) is 28.3. The Hall–Kier alpha value is -2.67. The van der Waals surface area contributed by atoms with Crippen molar-refractivity contribution in [2.75, 3.05) is 61.9 Å². The van der Waals surface area contributed by atoms with Crippen LogP contribution in [0.2, 0.25) is 0 Å². The van der Waals surface area contributed by atoms with Crippen LogP contribution in [0.3, 0.4) is 0 Å². The molecule has 1 aliphatic heterocycles. The summed E-state index contributed by atoms with van der Waals surface area (Å²) in [6.07, 6.45) is 2.20. The maximum absolute atomic E-state index is 12.7. The first-order valence-corrected chi connectivity index (χ1v) is 10.4. The molecule has 1 fully saturated rings. The predicted octanol–water partition coefficient (Wildman–Crippen LogP) is 3.03. The topological polar surface area (TPSA) is 64.6 Å². The van der Waals surface area contributed by atoms with Crippen molar-refractivity contribution >= 4 is 23.1 Å². The van der Waals surface area contributed by atoms with Crippen molar-refractivity contribution in [1.82, 2.24) is 14.9 Å². The van der Waals surface area contributed by atoms with Crippen molar-refractivity contribution in [3.63, 3.8) is 0 Å². The van der Waals surface area contributed by atoms with E-state index < -0.39 is 0 Å². The molecule has 1 aromatic heterocycles. The minimum Gasteiger partial charge on any atom is -0.369 e. The van der Waals surface area contributed by atoms with Gasteiger partial charge in [0.1, 0.15) is 17.3 Å². The Labute approximate surface area is 173 Å². The molecular weight excluding hydrogens is 364 g/mol. The fourth-order valence-electron chi connectivity index (χ4n) is 3.39. The van der Waals surface area contributed by atoms with E-state index in [1.54, 1.807) is 6.07 Å². The third kappa shape index (κ3) is 5.67. The number of nitrogens with one attached hydrogen (secondary N) is 1. The van der Waals surface area contributed by atoms with E-state index in [9.17, 15) is 4.79 Å². The third-order valence-corrected chi connectivity index (χ3v) is 5.29. The summed E-state index contributed by atoms with van der Waals surface area (Å²) < 4.78 is 0. The molecule has 1 N–H and O–H groups in total. The quantitative estimate of drug-likeness (QED) is 0.776. The van der Waals surface area contributed by atoms with Gasteiger partial charge in [0.2, 0.25) is 0 Å². The highest BCUT2D eigenvalue weighted by Gasteiger charge is 2.15. The van der Waals surface area contributed by atoms with Gasteiger partial charge in [-0.25, -0.2) is 9.97 Å². The Morgan fingerprint density at radius 2 is 1.83 bits per heavy atom. The van der Waals surface area contributed by atoms with Crippen molar-refractivity contribution in [3.05, 3.63) is 41.9 Å². The second-order valence-electron chi connectivity index (χ2n) is 7.73. The molecular formula is C22H32N6O. The van der Waals surface area contributed by atoms with Gasteiger partial charge in [-0.3, -0.25) is 4.79 Å². The summed E-state index contributed by atoms with van der Waals surface area (Å²) >= 11 is 0. The summed E-state index contributed by atoms with van der Waals surface area (Å²) in [5.74, 6) is 1.16. The number of hydrogen-bond acceptors (Lipinski definition) is 6. The number of amides is 1. The molecule has 156 valence electrons. The van der Waals surface area contributed by atoms with Gasteiger partial charge in [-0.1, -0.05) is 13.3 Å². The number of benzene rings is 1. The molecule has 0 unspecified atom stereocenters. The minimum atomic E-state index is -0.215. The number of likely N-dealkylation sites (N-methyl/N-ethyl adjacent to an activating group) is 1. The van der Waals surface area contributed by atoms with E-state index >= 15 is 0 Å². The molecule has 0 radical (unpaired) electrons. The van der Waals surface area contributed by atoms with Crippen LogP contribution < -0.4 is 15.1 Å². The molecule has 7 nitrogen and oxygen atoms in total. The van der Waals surface area contributed by atoms with E-state index in [0.717, 1.165) is 57.1 Å². The lowest BCUT2D eigenvalue weighted by Gasteiger charge is -2.34. The molecule has 2 heterocycles. The summed E-state index contributed by atoms with van der Waals surface area (Å²) in [6, 6.07) is 9.80. The zero-order valence-electron chi connectivity index (χ0n) is 18.0. The van der Waals surface area contributed by atoms with Gasteiger partial charge in [0.25, 0.3) is 5.91 Å². The lowest BCUT2D eigenvalue weighted by Crippen LogP contribution is -2.44. The molecule has 1 aliphatic rings. The predicted molar refractivity (Wildman–Crippen MR) is 119 cm³/mol. The van der Waals surface area contributed by atoms with Gasteiger partial charge < -0.3 is 20.0 Å². The van der Waals surface area contributed by atoms with Crippen molar-refractivity contribution in [2.24, 2.45) is 0 Å². The van der Waals surface area contributed by atoms with Crippen LogP contribution in [0.4, 0.5) is 17.2 Å². The number of hydrogen-bond donors (Lipinski definition) is 1. The maximum Gasteiger partial charge on any atom is 0.274 e. The number of unbranched alkanes of at least 4 members (excludes halogenated alkanes) is 1. The van der Waals surface area contributed by atoms with Crippen molar-refractivity contribution in [3.8, 4) is 0 Å². The van der Waals surface area contributed by atoms with Crippen LogP contribution in [0.1, 0.15) is 36.1 Å². The highest BCUT2D eigenvalue weighted by atomic mass is 16.1. The van der Waals surface area contributed by atoms with E-state index in [4.69, 9.17) is 0 Å². The number of anilines is 3. The molecule has 0 aliphatic carbocycles. The Kier molecular flexibility index (Phi) is 7.04. The molecule has 29 heavy (non-hydrogen) atoms.